The number of halogens is 1. The van der Waals surface area contributed by atoms with E-state index in [-0.39, 0.29) is 12.1 Å². The molecular formula is C13H15BrN2O2. The van der Waals surface area contributed by atoms with E-state index in [1.54, 1.807) is 18.3 Å². The van der Waals surface area contributed by atoms with Crippen LogP contribution in [0.5, 0.6) is 0 Å². The molecule has 0 saturated heterocycles. The Morgan fingerprint density at radius 2 is 2.39 bits per heavy atom. The molecular weight excluding hydrogens is 296 g/mol. The number of aromatic nitrogens is 1. The SMILES string of the molecule is C=CCO[C@H]1C=C[C@H](N(O)c2ccc(Br)cn2)C1. The minimum atomic E-state index is -0.103. The Morgan fingerprint density at radius 3 is 3.06 bits per heavy atom. The second kappa shape index (κ2) is 6.13. The third kappa shape index (κ3) is 3.19. The lowest BCUT2D eigenvalue weighted by molar-refractivity contribution is 0.0987. The van der Waals surface area contributed by atoms with Crippen LogP contribution in [0.4, 0.5) is 5.82 Å². The zero-order chi connectivity index (χ0) is 13.0. The van der Waals surface area contributed by atoms with E-state index in [1.165, 1.54) is 5.06 Å². The molecule has 0 aliphatic heterocycles. The highest BCUT2D eigenvalue weighted by atomic mass is 79.9. The van der Waals surface area contributed by atoms with Crippen LogP contribution in [-0.2, 0) is 4.74 Å². The van der Waals surface area contributed by atoms with Crippen molar-refractivity contribution in [1.29, 1.82) is 0 Å². The molecule has 4 nitrogen and oxygen atoms in total. The molecule has 1 aliphatic rings. The lowest BCUT2D eigenvalue weighted by Crippen LogP contribution is -2.31. The Hall–Kier alpha value is -1.17. The monoisotopic (exact) mass is 310 g/mol. The van der Waals surface area contributed by atoms with Crippen LogP contribution in [0.25, 0.3) is 0 Å². The molecule has 0 aromatic carbocycles. The zero-order valence-electron chi connectivity index (χ0n) is 9.87. The van der Waals surface area contributed by atoms with Gasteiger partial charge in [0.05, 0.1) is 18.8 Å². The summed E-state index contributed by atoms with van der Waals surface area (Å²) in [4.78, 5) is 4.15. The third-order valence-corrected chi connectivity index (χ3v) is 3.18. The second-order valence-corrected chi connectivity index (χ2v) is 4.94. The van der Waals surface area contributed by atoms with Gasteiger partial charge in [0.25, 0.3) is 0 Å². The van der Waals surface area contributed by atoms with Gasteiger partial charge in [0.2, 0.25) is 0 Å². The molecule has 1 heterocycles. The van der Waals surface area contributed by atoms with E-state index in [2.05, 4.69) is 27.5 Å². The van der Waals surface area contributed by atoms with Gasteiger partial charge in [0.15, 0.2) is 5.82 Å². The van der Waals surface area contributed by atoms with Crippen LogP contribution < -0.4 is 5.06 Å². The summed E-state index contributed by atoms with van der Waals surface area (Å²) in [6.45, 7) is 4.13. The number of anilines is 1. The molecule has 1 aliphatic carbocycles. The van der Waals surface area contributed by atoms with Gasteiger partial charge in [-0.2, -0.15) is 0 Å². The summed E-state index contributed by atoms with van der Waals surface area (Å²) >= 11 is 3.31. The maximum atomic E-state index is 10.1. The molecule has 0 saturated carbocycles. The lowest BCUT2D eigenvalue weighted by atomic mass is 10.2. The van der Waals surface area contributed by atoms with E-state index in [4.69, 9.17) is 4.74 Å². The van der Waals surface area contributed by atoms with Gasteiger partial charge in [-0.15, -0.1) is 6.58 Å². The first-order valence-corrected chi connectivity index (χ1v) is 6.50. The molecule has 1 N–H and O–H groups in total. The number of nitrogens with zero attached hydrogens (tertiary/aromatic N) is 2. The van der Waals surface area contributed by atoms with Crippen molar-refractivity contribution in [2.75, 3.05) is 11.7 Å². The van der Waals surface area contributed by atoms with E-state index in [1.807, 2.05) is 18.2 Å². The summed E-state index contributed by atoms with van der Waals surface area (Å²) in [5.41, 5.74) is 0. The number of hydrogen-bond donors (Lipinski definition) is 1. The van der Waals surface area contributed by atoms with Crippen LogP contribution >= 0.6 is 15.9 Å². The first kappa shape index (κ1) is 13.3. The molecule has 5 heteroatoms. The molecule has 0 radical (unpaired) electrons. The Bertz CT molecular complexity index is 433. The molecule has 0 amide bonds. The summed E-state index contributed by atoms with van der Waals surface area (Å²) in [5.74, 6) is 0.525. The predicted octanol–water partition coefficient (Wildman–Crippen LogP) is 2.94. The average molecular weight is 311 g/mol. The number of hydroxylamine groups is 1. The first-order chi connectivity index (χ1) is 8.70. The lowest BCUT2D eigenvalue weighted by Gasteiger charge is -2.22. The van der Waals surface area contributed by atoms with Gasteiger partial charge in [-0.3, -0.25) is 5.21 Å². The zero-order valence-corrected chi connectivity index (χ0v) is 11.5. The van der Waals surface area contributed by atoms with Crippen LogP contribution in [-0.4, -0.2) is 28.9 Å². The Morgan fingerprint density at radius 1 is 1.56 bits per heavy atom. The van der Waals surface area contributed by atoms with Crippen molar-refractivity contribution in [3.63, 3.8) is 0 Å². The molecule has 1 aromatic heterocycles. The largest absolute Gasteiger partial charge is 0.370 e. The summed E-state index contributed by atoms with van der Waals surface area (Å²) in [7, 11) is 0. The number of ether oxygens (including phenoxy) is 1. The molecule has 18 heavy (non-hydrogen) atoms. The molecule has 2 rings (SSSR count). The van der Waals surface area contributed by atoms with Crippen molar-refractivity contribution in [1.82, 2.24) is 4.98 Å². The van der Waals surface area contributed by atoms with Crippen molar-refractivity contribution in [2.45, 2.75) is 18.6 Å². The normalized spacial score (nSPS) is 22.1. The Kier molecular flexibility index (Phi) is 4.52. The molecule has 96 valence electrons. The van der Waals surface area contributed by atoms with Crippen molar-refractivity contribution in [3.05, 3.63) is 47.6 Å². The van der Waals surface area contributed by atoms with Crippen molar-refractivity contribution < 1.29 is 9.94 Å². The van der Waals surface area contributed by atoms with Crippen molar-refractivity contribution in [3.8, 4) is 0 Å². The quantitative estimate of drug-likeness (QED) is 0.671. The Labute approximate surface area is 115 Å². The number of hydrogen-bond acceptors (Lipinski definition) is 4. The Balaban J connectivity index is 1.95. The third-order valence-electron chi connectivity index (χ3n) is 2.71. The van der Waals surface area contributed by atoms with Gasteiger partial charge in [-0.1, -0.05) is 18.2 Å². The summed E-state index contributed by atoms with van der Waals surface area (Å²) in [6.07, 6.45) is 7.99. The fraction of sp³-hybridized carbons (Fsp3) is 0.308. The van der Waals surface area contributed by atoms with Crippen molar-refractivity contribution in [2.24, 2.45) is 0 Å². The summed E-state index contributed by atoms with van der Waals surface area (Å²) in [5, 5.41) is 11.2. The smallest absolute Gasteiger partial charge is 0.152 e. The molecule has 0 spiro atoms. The van der Waals surface area contributed by atoms with Gasteiger partial charge in [-0.05, 0) is 28.1 Å². The first-order valence-electron chi connectivity index (χ1n) is 5.71. The van der Waals surface area contributed by atoms with Gasteiger partial charge >= 0.3 is 0 Å². The predicted molar refractivity (Wildman–Crippen MR) is 73.7 cm³/mol. The average Bonchev–Trinajstić information content (AvgIpc) is 2.85. The molecule has 2 atom stereocenters. The van der Waals surface area contributed by atoms with Crippen LogP contribution in [0.2, 0.25) is 0 Å². The van der Waals surface area contributed by atoms with Gasteiger partial charge < -0.3 is 4.74 Å². The van der Waals surface area contributed by atoms with E-state index < -0.39 is 0 Å². The number of pyridine rings is 1. The highest BCUT2D eigenvalue weighted by Gasteiger charge is 2.24. The maximum Gasteiger partial charge on any atom is 0.152 e. The van der Waals surface area contributed by atoms with Crippen LogP contribution in [0.15, 0.2) is 47.6 Å². The standard InChI is InChI=1S/C13H15BrN2O2/c1-2-7-18-12-5-4-11(8-12)16(17)13-6-3-10(14)9-15-13/h2-6,9,11-12,17H,1,7-8H2/t11-,12-/m0/s1. The van der Waals surface area contributed by atoms with Crippen LogP contribution in [0.1, 0.15) is 6.42 Å². The second-order valence-electron chi connectivity index (χ2n) is 4.03. The van der Waals surface area contributed by atoms with E-state index in [9.17, 15) is 5.21 Å². The van der Waals surface area contributed by atoms with Crippen molar-refractivity contribution >= 4 is 21.7 Å². The topological polar surface area (TPSA) is 45.6 Å². The molecule has 0 unspecified atom stereocenters. The van der Waals surface area contributed by atoms with Gasteiger partial charge in [0.1, 0.15) is 0 Å². The van der Waals surface area contributed by atoms with E-state index in [0.717, 1.165) is 4.47 Å². The number of rotatable bonds is 5. The van der Waals surface area contributed by atoms with E-state index >= 15 is 0 Å². The molecule has 0 bridgehead atoms. The van der Waals surface area contributed by atoms with Gasteiger partial charge in [-0.25, -0.2) is 10.0 Å². The minimum Gasteiger partial charge on any atom is -0.370 e. The maximum absolute atomic E-state index is 10.1. The summed E-state index contributed by atoms with van der Waals surface area (Å²) < 4.78 is 6.40. The highest BCUT2D eigenvalue weighted by Crippen LogP contribution is 2.23. The minimum absolute atomic E-state index is 0.0260. The molecule has 0 fully saturated rings. The fourth-order valence-electron chi connectivity index (χ4n) is 1.82. The fourth-order valence-corrected chi connectivity index (χ4v) is 2.05. The van der Waals surface area contributed by atoms with E-state index in [0.29, 0.717) is 18.8 Å². The molecule has 1 aromatic rings. The van der Waals surface area contributed by atoms with Crippen LogP contribution in [0.3, 0.4) is 0 Å². The van der Waals surface area contributed by atoms with Crippen LogP contribution in [0, 0.1) is 0 Å². The summed E-state index contributed by atoms with van der Waals surface area (Å²) in [6, 6.07) is 3.50. The highest BCUT2D eigenvalue weighted by molar-refractivity contribution is 9.10. The van der Waals surface area contributed by atoms with Gasteiger partial charge in [0, 0.05) is 17.1 Å².